The second kappa shape index (κ2) is 12.3. The van der Waals surface area contributed by atoms with Gasteiger partial charge in [0, 0.05) is 76.5 Å². The molecule has 1 unspecified atom stereocenters. The van der Waals surface area contributed by atoms with Crippen molar-refractivity contribution in [2.75, 3.05) is 71.0 Å². The fourth-order valence-corrected chi connectivity index (χ4v) is 6.45. The van der Waals surface area contributed by atoms with Crippen molar-refractivity contribution in [1.29, 1.82) is 0 Å². The van der Waals surface area contributed by atoms with Crippen LogP contribution in [-0.4, -0.2) is 109 Å². The molecule has 3 heterocycles. The number of thioether (sulfide) groups is 1. The van der Waals surface area contributed by atoms with Crippen molar-refractivity contribution in [1.82, 2.24) is 20.0 Å². The largest absolute Gasteiger partial charge is 0.368 e. The molecule has 0 radical (unpaired) electrons. The number of carbonyl (C=O) groups excluding carboxylic acids is 1. The molecule has 31 heavy (non-hydrogen) atoms. The zero-order valence-corrected chi connectivity index (χ0v) is 22.2. The highest BCUT2D eigenvalue weighted by Gasteiger charge is 2.39. The Balaban J connectivity index is 0.00000272. The summed E-state index contributed by atoms with van der Waals surface area (Å²) in [4.78, 5) is 24.3. The molecule has 0 spiro atoms. The van der Waals surface area contributed by atoms with Gasteiger partial charge >= 0.3 is 0 Å². The number of amides is 1. The van der Waals surface area contributed by atoms with Gasteiger partial charge in [-0.15, -0.1) is 24.0 Å². The van der Waals surface area contributed by atoms with Crippen LogP contribution in [0, 0.1) is 0 Å². The number of nitrogens with one attached hydrogen (secondary N) is 1. The second-order valence-electron chi connectivity index (χ2n) is 9.10. The normalized spacial score (nSPS) is 27.6. The summed E-state index contributed by atoms with van der Waals surface area (Å²) < 4.78 is 5.59. The summed E-state index contributed by atoms with van der Waals surface area (Å²) in [5, 5.41) is 3.75. The third-order valence-corrected chi connectivity index (χ3v) is 8.29. The standard InChI is InChI=1S/C22H39N5O2S.HI/c1-23-21(26-11-9-25(10-12-26)20(28)19-6-5-15-29-19)24-18-22(7-3-2-4-8-22)27-13-16-30-17-14-27;/h19H,2-18H2,1H3,(H,23,24);1H. The van der Waals surface area contributed by atoms with Gasteiger partial charge in [0.1, 0.15) is 6.10 Å². The average molecular weight is 566 g/mol. The van der Waals surface area contributed by atoms with Crippen LogP contribution in [0.4, 0.5) is 0 Å². The number of nitrogens with zero attached hydrogens (tertiary/aromatic N) is 4. The number of piperazine rings is 1. The minimum absolute atomic E-state index is 0. The summed E-state index contributed by atoms with van der Waals surface area (Å²) in [7, 11) is 1.89. The Labute approximate surface area is 209 Å². The van der Waals surface area contributed by atoms with Crippen molar-refractivity contribution >= 4 is 47.6 Å². The fraction of sp³-hybridized carbons (Fsp3) is 0.909. The van der Waals surface area contributed by atoms with Crippen LogP contribution in [0.2, 0.25) is 0 Å². The monoisotopic (exact) mass is 565 g/mol. The van der Waals surface area contributed by atoms with E-state index in [1.54, 1.807) is 0 Å². The molecule has 0 aromatic carbocycles. The van der Waals surface area contributed by atoms with E-state index in [1.165, 1.54) is 56.7 Å². The number of hydrogen-bond acceptors (Lipinski definition) is 5. The van der Waals surface area contributed by atoms with E-state index in [2.05, 4.69) is 31.9 Å². The number of hydrogen-bond donors (Lipinski definition) is 1. The van der Waals surface area contributed by atoms with Gasteiger partial charge in [0.2, 0.25) is 0 Å². The van der Waals surface area contributed by atoms with Crippen molar-refractivity contribution in [3.8, 4) is 0 Å². The summed E-state index contributed by atoms with van der Waals surface area (Å²) in [6.07, 6.45) is 8.32. The van der Waals surface area contributed by atoms with Crippen molar-refractivity contribution in [2.45, 2.75) is 56.6 Å². The number of aliphatic imine (C=N–C) groups is 1. The lowest BCUT2D eigenvalue weighted by Crippen LogP contribution is -2.61. The van der Waals surface area contributed by atoms with Crippen molar-refractivity contribution in [3.05, 3.63) is 0 Å². The molecule has 3 saturated heterocycles. The van der Waals surface area contributed by atoms with Gasteiger partial charge in [-0.3, -0.25) is 14.7 Å². The molecule has 0 aromatic heterocycles. The van der Waals surface area contributed by atoms with Gasteiger partial charge in [0.05, 0.1) is 0 Å². The first kappa shape index (κ1) is 25.4. The Kier molecular flexibility index (Phi) is 10.0. The van der Waals surface area contributed by atoms with Crippen LogP contribution < -0.4 is 5.32 Å². The number of guanidine groups is 1. The first-order valence-electron chi connectivity index (χ1n) is 11.9. The Morgan fingerprint density at radius 1 is 1.03 bits per heavy atom. The zero-order chi connectivity index (χ0) is 20.8. The number of rotatable bonds is 4. The van der Waals surface area contributed by atoms with Crippen molar-refractivity contribution in [2.24, 2.45) is 4.99 Å². The summed E-state index contributed by atoms with van der Waals surface area (Å²) in [5.41, 5.74) is 0.284. The van der Waals surface area contributed by atoms with Crippen LogP contribution in [0.3, 0.4) is 0 Å². The topological polar surface area (TPSA) is 60.4 Å². The van der Waals surface area contributed by atoms with Gasteiger partial charge in [-0.1, -0.05) is 19.3 Å². The maximum absolute atomic E-state index is 12.6. The minimum atomic E-state index is -0.206. The van der Waals surface area contributed by atoms with E-state index in [9.17, 15) is 4.79 Å². The Morgan fingerprint density at radius 3 is 2.32 bits per heavy atom. The molecule has 0 aromatic rings. The van der Waals surface area contributed by atoms with Gasteiger partial charge in [0.25, 0.3) is 5.91 Å². The van der Waals surface area contributed by atoms with Gasteiger partial charge in [-0.25, -0.2) is 0 Å². The van der Waals surface area contributed by atoms with Crippen LogP contribution in [-0.2, 0) is 9.53 Å². The summed E-state index contributed by atoms with van der Waals surface area (Å²) >= 11 is 2.09. The molecule has 4 rings (SSSR count). The molecule has 3 aliphatic heterocycles. The minimum Gasteiger partial charge on any atom is -0.368 e. The lowest BCUT2D eigenvalue weighted by Gasteiger charge is -2.49. The average Bonchev–Trinajstić information content (AvgIpc) is 3.36. The summed E-state index contributed by atoms with van der Waals surface area (Å²) in [6, 6.07) is 0. The van der Waals surface area contributed by atoms with E-state index < -0.39 is 0 Å². The fourth-order valence-electron chi connectivity index (χ4n) is 5.54. The van der Waals surface area contributed by atoms with Gasteiger partial charge in [0.15, 0.2) is 5.96 Å². The van der Waals surface area contributed by atoms with Gasteiger partial charge in [-0.05, 0) is 25.7 Å². The number of ether oxygens (including phenoxy) is 1. The maximum atomic E-state index is 12.6. The van der Waals surface area contributed by atoms with Crippen LogP contribution in [0.5, 0.6) is 0 Å². The SMILES string of the molecule is CN=C(NCC1(N2CCSCC2)CCCCC1)N1CCN(C(=O)C2CCCO2)CC1.I. The third kappa shape index (κ3) is 6.20. The zero-order valence-electron chi connectivity index (χ0n) is 19.0. The molecular formula is C22H40IN5O2S. The third-order valence-electron chi connectivity index (χ3n) is 7.35. The molecule has 9 heteroatoms. The first-order chi connectivity index (χ1) is 14.7. The molecule has 1 aliphatic carbocycles. The van der Waals surface area contributed by atoms with Gasteiger partial charge < -0.3 is 19.9 Å². The predicted molar refractivity (Wildman–Crippen MR) is 139 cm³/mol. The van der Waals surface area contributed by atoms with E-state index in [1.807, 2.05) is 11.9 Å². The summed E-state index contributed by atoms with van der Waals surface area (Å²) in [6.45, 7) is 7.34. The second-order valence-corrected chi connectivity index (χ2v) is 10.3. The molecule has 1 amide bonds. The molecule has 1 atom stereocenters. The highest BCUT2D eigenvalue weighted by atomic mass is 127. The van der Waals surface area contributed by atoms with Crippen LogP contribution in [0.1, 0.15) is 44.9 Å². The number of carbonyl (C=O) groups is 1. The molecule has 178 valence electrons. The predicted octanol–water partition coefficient (Wildman–Crippen LogP) is 2.25. The molecule has 1 saturated carbocycles. The van der Waals surface area contributed by atoms with Crippen LogP contribution >= 0.6 is 35.7 Å². The Bertz CT molecular complexity index is 597. The molecule has 4 aliphatic rings. The van der Waals surface area contributed by atoms with Crippen molar-refractivity contribution in [3.63, 3.8) is 0 Å². The summed E-state index contributed by atoms with van der Waals surface area (Å²) in [5.74, 6) is 3.70. The molecule has 0 bridgehead atoms. The van der Waals surface area contributed by atoms with E-state index in [-0.39, 0.29) is 41.5 Å². The lowest BCUT2D eigenvalue weighted by molar-refractivity contribution is -0.142. The molecule has 4 fully saturated rings. The highest BCUT2D eigenvalue weighted by Crippen LogP contribution is 2.35. The van der Waals surface area contributed by atoms with Crippen LogP contribution in [0.25, 0.3) is 0 Å². The number of halogens is 1. The Hall–Kier alpha value is -0.260. The first-order valence-corrected chi connectivity index (χ1v) is 13.1. The smallest absolute Gasteiger partial charge is 0.251 e. The van der Waals surface area contributed by atoms with E-state index in [4.69, 9.17) is 4.74 Å². The molecule has 7 nitrogen and oxygen atoms in total. The highest BCUT2D eigenvalue weighted by molar-refractivity contribution is 14.0. The van der Waals surface area contributed by atoms with Gasteiger partial charge in [-0.2, -0.15) is 11.8 Å². The molecular weight excluding hydrogens is 525 g/mol. The molecule has 1 N–H and O–H groups in total. The quantitative estimate of drug-likeness (QED) is 0.321. The maximum Gasteiger partial charge on any atom is 0.251 e. The Morgan fingerprint density at radius 2 is 1.71 bits per heavy atom. The van der Waals surface area contributed by atoms with Crippen LogP contribution in [0.15, 0.2) is 4.99 Å². The lowest BCUT2D eigenvalue weighted by atomic mass is 9.80. The van der Waals surface area contributed by atoms with Crippen molar-refractivity contribution < 1.29 is 9.53 Å². The van der Waals surface area contributed by atoms with E-state index in [0.717, 1.165) is 58.1 Å². The van der Waals surface area contributed by atoms with E-state index >= 15 is 0 Å². The van der Waals surface area contributed by atoms with E-state index in [0.29, 0.717) is 0 Å².